The monoisotopic (exact) mass is 331 g/mol. The van der Waals surface area contributed by atoms with Gasteiger partial charge in [-0.05, 0) is 53.8 Å². The Morgan fingerprint density at radius 1 is 0.920 bits per heavy atom. The third kappa shape index (κ3) is 2.58. The lowest BCUT2D eigenvalue weighted by molar-refractivity contribution is -0.137. The molecule has 1 aliphatic rings. The van der Waals surface area contributed by atoms with Crippen molar-refractivity contribution < 1.29 is 9.90 Å². The van der Waals surface area contributed by atoms with Crippen molar-refractivity contribution in [2.24, 2.45) is 0 Å². The normalized spacial score (nSPS) is 13.9. The van der Waals surface area contributed by atoms with Crippen LogP contribution in [-0.4, -0.2) is 26.0 Å². The van der Waals surface area contributed by atoms with Crippen LogP contribution in [-0.2, 0) is 16.6 Å². The van der Waals surface area contributed by atoms with Crippen molar-refractivity contribution in [3.63, 3.8) is 0 Å². The lowest BCUT2D eigenvalue weighted by Crippen LogP contribution is -2.29. The average Bonchev–Trinajstić information content (AvgIpc) is 2.92. The molecule has 1 aliphatic carbocycles. The van der Waals surface area contributed by atoms with E-state index in [2.05, 4.69) is 15.0 Å². The molecule has 3 aromatic rings. The van der Waals surface area contributed by atoms with Crippen LogP contribution in [0, 0.1) is 0 Å². The summed E-state index contributed by atoms with van der Waals surface area (Å²) in [5, 5.41) is 9.31. The van der Waals surface area contributed by atoms with Gasteiger partial charge in [-0.3, -0.25) is 19.7 Å². The highest BCUT2D eigenvalue weighted by molar-refractivity contribution is 5.76. The Morgan fingerprint density at radius 3 is 2.08 bits per heavy atom. The van der Waals surface area contributed by atoms with E-state index >= 15 is 0 Å². The molecule has 0 aromatic carbocycles. The zero-order chi connectivity index (χ0) is 17.3. The molecule has 5 heteroatoms. The van der Waals surface area contributed by atoms with E-state index in [-0.39, 0.29) is 6.42 Å². The van der Waals surface area contributed by atoms with Crippen LogP contribution in [0.5, 0.6) is 0 Å². The van der Waals surface area contributed by atoms with Gasteiger partial charge in [0.1, 0.15) is 0 Å². The first-order chi connectivity index (χ1) is 12.2. The number of carboxylic acids is 1. The molecule has 3 aromatic heterocycles. The summed E-state index contributed by atoms with van der Waals surface area (Å²) in [5.41, 5.74) is 4.51. The molecule has 0 radical (unpaired) electrons. The Morgan fingerprint density at radius 2 is 1.52 bits per heavy atom. The molecule has 0 saturated heterocycles. The number of rotatable bonds is 5. The van der Waals surface area contributed by atoms with Crippen molar-refractivity contribution in [1.29, 1.82) is 0 Å². The number of hydrogen-bond acceptors (Lipinski definition) is 4. The summed E-state index contributed by atoms with van der Waals surface area (Å²) in [4.78, 5) is 24.5. The molecule has 0 bridgehead atoms. The summed E-state index contributed by atoms with van der Waals surface area (Å²) in [5.74, 6) is -0.795. The third-order valence-corrected chi connectivity index (χ3v) is 4.89. The highest BCUT2D eigenvalue weighted by Gasteiger charge is 2.44. The van der Waals surface area contributed by atoms with Crippen LogP contribution in [0.15, 0.2) is 61.2 Å². The molecule has 0 unspecified atom stereocenters. The van der Waals surface area contributed by atoms with Gasteiger partial charge >= 0.3 is 5.97 Å². The highest BCUT2D eigenvalue weighted by atomic mass is 16.4. The van der Waals surface area contributed by atoms with Gasteiger partial charge in [0.2, 0.25) is 0 Å². The fraction of sp³-hybridized carbons (Fsp3) is 0.200. The van der Waals surface area contributed by atoms with E-state index in [4.69, 9.17) is 0 Å². The number of fused-ring (bicyclic) bond motifs is 3. The first kappa shape index (κ1) is 15.4. The van der Waals surface area contributed by atoms with E-state index in [9.17, 15) is 9.90 Å². The minimum atomic E-state index is -0.795. The predicted octanol–water partition coefficient (Wildman–Crippen LogP) is 3.25. The van der Waals surface area contributed by atoms with Gasteiger partial charge in [0, 0.05) is 36.6 Å². The molecule has 0 aliphatic heterocycles. The standard InChI is InChI=1S/C20H17N3O2/c24-17(25)5-8-20(13-14-6-11-21-12-7-14)15-3-1-9-22-18(15)19-16(20)4-2-10-23-19/h1-4,6-7,9-12H,5,8,13H2,(H,24,25). The van der Waals surface area contributed by atoms with E-state index in [1.54, 1.807) is 24.8 Å². The van der Waals surface area contributed by atoms with Crippen molar-refractivity contribution in [3.05, 3.63) is 77.9 Å². The number of pyridine rings is 3. The Balaban J connectivity index is 1.91. The Labute approximate surface area is 145 Å². The fourth-order valence-electron chi connectivity index (χ4n) is 3.82. The van der Waals surface area contributed by atoms with Gasteiger partial charge in [0.05, 0.1) is 11.4 Å². The first-order valence-electron chi connectivity index (χ1n) is 8.23. The zero-order valence-corrected chi connectivity index (χ0v) is 13.6. The van der Waals surface area contributed by atoms with Crippen molar-refractivity contribution in [1.82, 2.24) is 15.0 Å². The Hall–Kier alpha value is -3.08. The maximum absolute atomic E-state index is 11.3. The molecule has 0 atom stereocenters. The molecular formula is C20H17N3O2. The van der Waals surface area contributed by atoms with Gasteiger partial charge in [-0.2, -0.15) is 0 Å². The van der Waals surface area contributed by atoms with Gasteiger partial charge in [-0.15, -0.1) is 0 Å². The number of hydrogen-bond donors (Lipinski definition) is 1. The van der Waals surface area contributed by atoms with Gasteiger partial charge in [0.25, 0.3) is 0 Å². The Kier molecular flexibility index (Phi) is 3.76. The number of aromatic nitrogens is 3. The molecule has 0 spiro atoms. The summed E-state index contributed by atoms with van der Waals surface area (Å²) in [7, 11) is 0. The average molecular weight is 331 g/mol. The van der Waals surface area contributed by atoms with Crippen molar-refractivity contribution in [2.45, 2.75) is 24.7 Å². The molecule has 4 rings (SSSR count). The van der Waals surface area contributed by atoms with Crippen LogP contribution < -0.4 is 0 Å². The van der Waals surface area contributed by atoms with Crippen LogP contribution in [0.25, 0.3) is 11.4 Å². The van der Waals surface area contributed by atoms with Crippen LogP contribution in [0.1, 0.15) is 29.5 Å². The molecule has 0 amide bonds. The van der Waals surface area contributed by atoms with Crippen molar-refractivity contribution in [2.75, 3.05) is 0 Å². The van der Waals surface area contributed by atoms with E-state index in [0.717, 1.165) is 28.1 Å². The van der Waals surface area contributed by atoms with Crippen LogP contribution in [0.2, 0.25) is 0 Å². The summed E-state index contributed by atoms with van der Waals surface area (Å²) < 4.78 is 0. The SMILES string of the molecule is O=C(O)CCC1(Cc2ccncc2)c2cccnc2-c2ncccc21. The molecular weight excluding hydrogens is 314 g/mol. The lowest BCUT2D eigenvalue weighted by atomic mass is 9.71. The van der Waals surface area contributed by atoms with Gasteiger partial charge in [-0.1, -0.05) is 12.1 Å². The minimum Gasteiger partial charge on any atom is -0.481 e. The summed E-state index contributed by atoms with van der Waals surface area (Å²) >= 11 is 0. The Bertz CT molecular complexity index is 879. The quantitative estimate of drug-likeness (QED) is 0.777. The largest absolute Gasteiger partial charge is 0.481 e. The minimum absolute atomic E-state index is 0.0910. The smallest absolute Gasteiger partial charge is 0.303 e. The van der Waals surface area contributed by atoms with E-state index in [1.807, 2.05) is 36.4 Å². The van der Waals surface area contributed by atoms with Crippen molar-refractivity contribution in [3.8, 4) is 11.4 Å². The number of carbonyl (C=O) groups is 1. The predicted molar refractivity (Wildman–Crippen MR) is 93.1 cm³/mol. The zero-order valence-electron chi connectivity index (χ0n) is 13.6. The first-order valence-corrected chi connectivity index (χ1v) is 8.23. The molecule has 0 saturated carbocycles. The van der Waals surface area contributed by atoms with Gasteiger partial charge in [-0.25, -0.2) is 0 Å². The second-order valence-electron chi connectivity index (χ2n) is 6.31. The fourth-order valence-corrected chi connectivity index (χ4v) is 3.82. The molecule has 0 fully saturated rings. The summed E-state index contributed by atoms with van der Waals surface area (Å²) in [6.07, 6.45) is 8.34. The van der Waals surface area contributed by atoms with Gasteiger partial charge in [0.15, 0.2) is 0 Å². The summed E-state index contributed by atoms with van der Waals surface area (Å²) in [6.45, 7) is 0. The maximum atomic E-state index is 11.3. The second kappa shape index (κ2) is 6.09. The molecule has 3 heterocycles. The molecule has 25 heavy (non-hydrogen) atoms. The highest BCUT2D eigenvalue weighted by Crippen LogP contribution is 2.51. The van der Waals surface area contributed by atoms with E-state index < -0.39 is 11.4 Å². The number of carboxylic acid groups (broad SMARTS) is 1. The molecule has 124 valence electrons. The van der Waals surface area contributed by atoms with Crippen LogP contribution >= 0.6 is 0 Å². The third-order valence-electron chi connectivity index (χ3n) is 4.89. The second-order valence-corrected chi connectivity index (χ2v) is 6.31. The molecule has 5 nitrogen and oxygen atoms in total. The summed E-state index contributed by atoms with van der Waals surface area (Å²) in [6, 6.07) is 11.9. The number of aliphatic carboxylic acids is 1. The molecule has 1 N–H and O–H groups in total. The van der Waals surface area contributed by atoms with Crippen molar-refractivity contribution >= 4 is 5.97 Å². The topological polar surface area (TPSA) is 76.0 Å². The maximum Gasteiger partial charge on any atom is 0.303 e. The number of nitrogens with zero attached hydrogens (tertiary/aromatic N) is 3. The van der Waals surface area contributed by atoms with E-state index in [1.165, 1.54) is 0 Å². The van der Waals surface area contributed by atoms with Gasteiger partial charge < -0.3 is 5.11 Å². The van der Waals surface area contributed by atoms with Crippen LogP contribution in [0.4, 0.5) is 0 Å². The van der Waals surface area contributed by atoms with E-state index in [0.29, 0.717) is 12.8 Å². The lowest BCUT2D eigenvalue weighted by Gasteiger charge is -2.31. The van der Waals surface area contributed by atoms with Crippen LogP contribution in [0.3, 0.4) is 0 Å².